The SMILES string of the molecule is CC.CCc1nc[c-]cn1.[Rb+]. The summed E-state index contributed by atoms with van der Waals surface area (Å²) in [6.45, 7) is 6.02. The normalized spacial score (nSPS) is 7.18. The Bertz CT molecular complexity index is 153. The summed E-state index contributed by atoms with van der Waals surface area (Å²) in [6, 6.07) is 2.74. The predicted molar refractivity (Wildman–Crippen MR) is 41.6 cm³/mol. The van der Waals surface area contributed by atoms with E-state index in [1.807, 2.05) is 20.8 Å². The minimum atomic E-state index is 0. The van der Waals surface area contributed by atoms with Crippen molar-refractivity contribution >= 4 is 0 Å². The van der Waals surface area contributed by atoms with E-state index >= 15 is 0 Å². The minimum Gasteiger partial charge on any atom is -0.434 e. The zero-order chi connectivity index (χ0) is 7.82. The van der Waals surface area contributed by atoms with Gasteiger partial charge in [-0.15, -0.1) is 12.4 Å². The van der Waals surface area contributed by atoms with Gasteiger partial charge in [0.25, 0.3) is 0 Å². The Morgan fingerprint density at radius 1 is 1.27 bits per heavy atom. The fourth-order valence-electron chi connectivity index (χ4n) is 0.473. The molecular weight excluding hydrogens is 210 g/mol. The Balaban J connectivity index is 0. The second-order valence-corrected chi connectivity index (χ2v) is 1.45. The van der Waals surface area contributed by atoms with Crippen molar-refractivity contribution in [3.8, 4) is 0 Å². The van der Waals surface area contributed by atoms with Gasteiger partial charge >= 0.3 is 58.2 Å². The molecule has 0 unspecified atom stereocenters. The van der Waals surface area contributed by atoms with Crippen LogP contribution in [0, 0.1) is 6.07 Å². The molecule has 0 atom stereocenters. The third-order valence-corrected chi connectivity index (χ3v) is 0.892. The molecule has 3 heteroatoms. The molecule has 56 valence electrons. The van der Waals surface area contributed by atoms with Crippen LogP contribution in [0.25, 0.3) is 0 Å². The van der Waals surface area contributed by atoms with Crippen LogP contribution in [-0.2, 0) is 6.42 Å². The van der Waals surface area contributed by atoms with E-state index in [1.165, 1.54) is 0 Å². The average molecular weight is 223 g/mol. The quantitative estimate of drug-likeness (QED) is 0.562. The summed E-state index contributed by atoms with van der Waals surface area (Å²) in [4.78, 5) is 7.86. The fourth-order valence-corrected chi connectivity index (χ4v) is 0.473. The van der Waals surface area contributed by atoms with Crippen molar-refractivity contribution in [1.29, 1.82) is 0 Å². The Hall–Kier alpha value is 0.885. The largest absolute Gasteiger partial charge is 1.00 e. The minimum absolute atomic E-state index is 0. The van der Waals surface area contributed by atoms with Gasteiger partial charge in [-0.3, -0.25) is 9.97 Å². The molecule has 0 aromatic carbocycles. The van der Waals surface area contributed by atoms with Gasteiger partial charge in [0.1, 0.15) is 5.82 Å². The summed E-state index contributed by atoms with van der Waals surface area (Å²) >= 11 is 0. The van der Waals surface area contributed by atoms with Gasteiger partial charge < -0.3 is 6.07 Å². The van der Waals surface area contributed by atoms with Crippen LogP contribution in [0.15, 0.2) is 12.4 Å². The summed E-state index contributed by atoms with van der Waals surface area (Å²) in [5.41, 5.74) is 0. The van der Waals surface area contributed by atoms with Crippen LogP contribution in [0.1, 0.15) is 26.6 Å². The van der Waals surface area contributed by atoms with Gasteiger partial charge in [-0.1, -0.05) is 20.8 Å². The number of aryl methyl sites for hydroxylation is 1. The van der Waals surface area contributed by atoms with Crippen LogP contribution < -0.4 is 58.2 Å². The third-order valence-electron chi connectivity index (χ3n) is 0.892. The molecule has 0 bridgehead atoms. The summed E-state index contributed by atoms with van der Waals surface area (Å²) in [6.07, 6.45) is 4.16. The first-order chi connectivity index (χ1) is 4.93. The van der Waals surface area contributed by atoms with Crippen molar-refractivity contribution in [2.75, 3.05) is 0 Å². The maximum absolute atomic E-state index is 3.93. The number of aromatic nitrogens is 2. The molecule has 0 N–H and O–H groups in total. The first kappa shape index (κ1) is 14.4. The summed E-state index contributed by atoms with van der Waals surface area (Å²) in [7, 11) is 0. The van der Waals surface area contributed by atoms with Crippen LogP contribution in [-0.4, -0.2) is 9.97 Å². The second kappa shape index (κ2) is 10.9. The van der Waals surface area contributed by atoms with Crippen molar-refractivity contribution < 1.29 is 58.2 Å². The van der Waals surface area contributed by atoms with Crippen LogP contribution in [0.3, 0.4) is 0 Å². The molecular formula is C8H13N2Rb. The molecule has 0 saturated heterocycles. The number of hydrogen-bond acceptors (Lipinski definition) is 2. The molecule has 0 fully saturated rings. The van der Waals surface area contributed by atoms with Crippen molar-refractivity contribution in [3.05, 3.63) is 24.3 Å². The predicted octanol–water partition coefficient (Wildman–Crippen LogP) is -1.13. The molecule has 0 aliphatic carbocycles. The van der Waals surface area contributed by atoms with Gasteiger partial charge in [0, 0.05) is 6.42 Å². The molecule has 0 amide bonds. The Morgan fingerprint density at radius 3 is 2.00 bits per heavy atom. The molecule has 0 radical (unpaired) electrons. The topological polar surface area (TPSA) is 25.8 Å². The van der Waals surface area contributed by atoms with Crippen molar-refractivity contribution in [1.82, 2.24) is 9.97 Å². The van der Waals surface area contributed by atoms with E-state index in [1.54, 1.807) is 12.4 Å². The van der Waals surface area contributed by atoms with Crippen molar-refractivity contribution in [2.45, 2.75) is 27.2 Å². The molecule has 1 rings (SSSR count). The van der Waals surface area contributed by atoms with Crippen molar-refractivity contribution in [2.24, 2.45) is 0 Å². The molecule has 2 nitrogen and oxygen atoms in total. The van der Waals surface area contributed by atoms with Gasteiger partial charge in [-0.2, -0.15) is 0 Å². The Morgan fingerprint density at radius 2 is 1.73 bits per heavy atom. The van der Waals surface area contributed by atoms with Crippen LogP contribution in [0.2, 0.25) is 0 Å². The van der Waals surface area contributed by atoms with Crippen LogP contribution in [0.4, 0.5) is 0 Å². The molecule has 1 aromatic heterocycles. The molecule has 11 heavy (non-hydrogen) atoms. The smallest absolute Gasteiger partial charge is 0.434 e. The zero-order valence-corrected chi connectivity index (χ0v) is 12.7. The van der Waals surface area contributed by atoms with Gasteiger partial charge in [-0.25, -0.2) is 0 Å². The number of nitrogens with zero attached hydrogens (tertiary/aromatic N) is 2. The maximum Gasteiger partial charge on any atom is 1.00 e. The van der Waals surface area contributed by atoms with E-state index in [2.05, 4.69) is 16.0 Å². The van der Waals surface area contributed by atoms with E-state index in [-0.39, 0.29) is 58.2 Å². The third kappa shape index (κ3) is 7.25. The van der Waals surface area contributed by atoms with Crippen LogP contribution in [0.5, 0.6) is 0 Å². The average Bonchev–Trinajstić information content (AvgIpc) is 2.10. The summed E-state index contributed by atoms with van der Waals surface area (Å²) < 4.78 is 0. The zero-order valence-electron chi connectivity index (χ0n) is 7.76. The Kier molecular flexibility index (Phi) is 14.3. The van der Waals surface area contributed by atoms with E-state index in [0.29, 0.717) is 0 Å². The Labute approximate surface area is 118 Å². The molecule has 0 aliphatic heterocycles. The van der Waals surface area contributed by atoms with Crippen molar-refractivity contribution in [3.63, 3.8) is 0 Å². The summed E-state index contributed by atoms with van der Waals surface area (Å²) in [5, 5.41) is 0. The molecule has 1 heterocycles. The van der Waals surface area contributed by atoms with E-state index in [0.717, 1.165) is 12.2 Å². The van der Waals surface area contributed by atoms with Crippen LogP contribution >= 0.6 is 0 Å². The summed E-state index contributed by atoms with van der Waals surface area (Å²) in [5.74, 6) is 0.878. The fraction of sp³-hybridized carbons (Fsp3) is 0.500. The van der Waals surface area contributed by atoms with Gasteiger partial charge in [0.05, 0.1) is 0 Å². The molecule has 0 spiro atoms. The standard InChI is InChI=1S/C6H7N2.C2H6.Rb/c1-2-6-7-4-3-5-8-6;1-2;/h4-5H,2H2,1H3;1-2H3;/q-1;;+1. The number of hydrogen-bond donors (Lipinski definition) is 0. The first-order valence-corrected chi connectivity index (χ1v) is 3.60. The van der Waals surface area contributed by atoms with E-state index in [9.17, 15) is 0 Å². The maximum atomic E-state index is 3.93. The van der Waals surface area contributed by atoms with Gasteiger partial charge in [-0.05, 0) is 0 Å². The van der Waals surface area contributed by atoms with E-state index in [4.69, 9.17) is 0 Å². The molecule has 1 aromatic rings. The monoisotopic (exact) mass is 222 g/mol. The first-order valence-electron chi connectivity index (χ1n) is 3.60. The van der Waals surface area contributed by atoms with Gasteiger partial charge in [0.15, 0.2) is 0 Å². The molecule has 0 saturated carbocycles. The number of rotatable bonds is 1. The second-order valence-electron chi connectivity index (χ2n) is 1.45. The van der Waals surface area contributed by atoms with E-state index < -0.39 is 0 Å². The van der Waals surface area contributed by atoms with Gasteiger partial charge in [0.2, 0.25) is 0 Å². The molecule has 0 aliphatic rings.